The number of carbonyl (C=O) groups excluding carboxylic acids is 1. The molecule has 2 aromatic rings. The number of allylic oxidation sites excluding steroid dienone is 2. The van der Waals surface area contributed by atoms with Crippen LogP contribution in [0.25, 0.3) is 6.08 Å². The Morgan fingerprint density at radius 1 is 1.08 bits per heavy atom. The molecule has 37 heavy (non-hydrogen) atoms. The minimum Gasteiger partial charge on any atom is -0.378 e. The van der Waals surface area contributed by atoms with Crippen LogP contribution in [0.3, 0.4) is 0 Å². The second-order valence-electron chi connectivity index (χ2n) is 9.24. The average molecular weight is 563 g/mol. The summed E-state index contributed by atoms with van der Waals surface area (Å²) in [4.78, 5) is 17.2. The van der Waals surface area contributed by atoms with Crippen molar-refractivity contribution in [2.75, 3.05) is 49.6 Å². The van der Waals surface area contributed by atoms with Crippen LogP contribution in [0.1, 0.15) is 37.8 Å². The van der Waals surface area contributed by atoms with Gasteiger partial charge < -0.3 is 19.9 Å². The maximum Gasteiger partial charge on any atom is 0.276 e. The molecule has 1 aliphatic carbocycles. The van der Waals surface area contributed by atoms with Crippen LogP contribution >= 0.6 is 15.9 Å². The lowest BCUT2D eigenvalue weighted by atomic mass is 10.1. The van der Waals surface area contributed by atoms with Crippen LogP contribution in [-0.4, -0.2) is 62.1 Å². The third-order valence-electron chi connectivity index (χ3n) is 7.03. The van der Waals surface area contributed by atoms with Gasteiger partial charge in [0.25, 0.3) is 5.91 Å². The normalized spacial score (nSPS) is 19.9. The van der Waals surface area contributed by atoms with E-state index in [4.69, 9.17) is 4.74 Å². The number of halogens is 1. The van der Waals surface area contributed by atoms with E-state index < -0.39 is 0 Å². The molecule has 0 unspecified atom stereocenters. The van der Waals surface area contributed by atoms with Crippen molar-refractivity contribution >= 4 is 51.2 Å². The topological polar surface area (TPSA) is 69.5 Å². The van der Waals surface area contributed by atoms with Crippen molar-refractivity contribution in [1.82, 2.24) is 4.90 Å². The molecule has 0 saturated carbocycles. The lowest BCUT2D eigenvalue weighted by Crippen LogP contribution is -2.36. The van der Waals surface area contributed by atoms with Crippen LogP contribution in [0.4, 0.5) is 11.4 Å². The lowest BCUT2D eigenvalue weighted by Gasteiger charge is -2.31. The molecule has 2 heterocycles. The van der Waals surface area contributed by atoms with E-state index in [1.165, 1.54) is 22.5 Å². The van der Waals surface area contributed by atoms with E-state index in [0.29, 0.717) is 18.9 Å². The molecule has 1 saturated heterocycles. The van der Waals surface area contributed by atoms with E-state index in [1.807, 2.05) is 24.4 Å². The fraction of sp³-hybridized carbons (Fsp3) is 0.345. The van der Waals surface area contributed by atoms with Crippen LogP contribution in [0.2, 0.25) is 0 Å². The third kappa shape index (κ3) is 5.55. The number of hydrogen-bond donors (Lipinski definition) is 1. The van der Waals surface area contributed by atoms with Crippen molar-refractivity contribution in [3.63, 3.8) is 0 Å². The summed E-state index contributed by atoms with van der Waals surface area (Å²) in [6.45, 7) is 9.49. The summed E-state index contributed by atoms with van der Waals surface area (Å²) in [6.07, 6.45) is 5.95. The number of nitrogens with zero attached hydrogens (tertiary/aromatic N) is 4. The van der Waals surface area contributed by atoms with Crippen molar-refractivity contribution < 1.29 is 9.53 Å². The van der Waals surface area contributed by atoms with Gasteiger partial charge in [0.1, 0.15) is 0 Å². The quantitative estimate of drug-likeness (QED) is 0.358. The van der Waals surface area contributed by atoms with Gasteiger partial charge in [0, 0.05) is 47.6 Å². The van der Waals surface area contributed by atoms with E-state index in [9.17, 15) is 4.79 Å². The summed E-state index contributed by atoms with van der Waals surface area (Å²) in [7, 11) is 0. The lowest BCUT2D eigenvalue weighted by molar-refractivity contribution is -0.110. The minimum absolute atomic E-state index is 0.229. The first-order valence-corrected chi connectivity index (χ1v) is 13.7. The van der Waals surface area contributed by atoms with E-state index in [-0.39, 0.29) is 5.91 Å². The summed E-state index contributed by atoms with van der Waals surface area (Å²) < 4.78 is 6.51. The Kier molecular flexibility index (Phi) is 7.86. The van der Waals surface area contributed by atoms with Gasteiger partial charge in [-0.15, -0.1) is 5.10 Å². The zero-order chi connectivity index (χ0) is 25.8. The number of fused-ring (bicyclic) bond motifs is 1. The molecule has 1 amide bonds. The van der Waals surface area contributed by atoms with E-state index in [1.54, 1.807) is 0 Å². The van der Waals surface area contributed by atoms with Gasteiger partial charge in [-0.05, 0) is 79.8 Å². The number of anilines is 2. The molecule has 192 valence electrons. The van der Waals surface area contributed by atoms with Gasteiger partial charge in [-0.1, -0.05) is 28.1 Å². The molecule has 1 fully saturated rings. The van der Waals surface area contributed by atoms with Gasteiger partial charge in [0.2, 0.25) is 0 Å². The number of carbonyl (C=O) groups is 1. The van der Waals surface area contributed by atoms with Crippen molar-refractivity contribution in [3.8, 4) is 0 Å². The first-order valence-electron chi connectivity index (χ1n) is 12.9. The molecule has 2 aliphatic heterocycles. The molecule has 3 aliphatic rings. The number of morpholine rings is 1. The molecule has 0 bridgehead atoms. The molecule has 0 radical (unpaired) electrons. The smallest absolute Gasteiger partial charge is 0.276 e. The molecule has 8 heteroatoms. The van der Waals surface area contributed by atoms with E-state index in [2.05, 4.69) is 85.4 Å². The highest BCUT2D eigenvalue weighted by Crippen LogP contribution is 2.35. The maximum absolute atomic E-state index is 12.5. The summed E-state index contributed by atoms with van der Waals surface area (Å²) in [5.41, 5.74) is 7.97. The van der Waals surface area contributed by atoms with Crippen LogP contribution in [0.15, 0.2) is 74.0 Å². The molecule has 5 rings (SSSR count). The van der Waals surface area contributed by atoms with Gasteiger partial charge in [-0.3, -0.25) is 4.79 Å². The highest BCUT2D eigenvalue weighted by Gasteiger charge is 2.27. The van der Waals surface area contributed by atoms with Crippen molar-refractivity contribution in [3.05, 3.63) is 74.9 Å². The Labute approximate surface area is 226 Å². The van der Waals surface area contributed by atoms with Gasteiger partial charge >= 0.3 is 0 Å². The van der Waals surface area contributed by atoms with Crippen LogP contribution in [0, 0.1) is 0 Å². The van der Waals surface area contributed by atoms with Gasteiger partial charge in [0.05, 0.1) is 25.1 Å². The number of rotatable bonds is 7. The standard InChI is InChI=1S/C29H32BrN5O2/c1-3-34(4-2)24-10-5-20(6-11-24)17-21-7-8-22(28(21)35-13-15-37-16-14-35)19-31-33-27-25-18-23(30)9-12-26(25)32-29(27)36/h5-6,9-12,17-19H,3-4,7-8,13-16H2,1-2H3,(H,32,33,36)/b21-17-,31-19?. The summed E-state index contributed by atoms with van der Waals surface area (Å²) in [5.74, 6) is -0.229. The monoisotopic (exact) mass is 561 g/mol. The molecule has 7 nitrogen and oxygen atoms in total. The Morgan fingerprint density at radius 2 is 1.84 bits per heavy atom. The van der Waals surface area contributed by atoms with Crippen molar-refractivity contribution in [2.45, 2.75) is 26.7 Å². The number of nitrogens with one attached hydrogen (secondary N) is 1. The fourth-order valence-electron chi connectivity index (χ4n) is 5.12. The molecular formula is C29H32BrN5O2. The fourth-order valence-corrected chi connectivity index (χ4v) is 5.48. The second-order valence-corrected chi connectivity index (χ2v) is 10.2. The minimum atomic E-state index is -0.229. The second kappa shape index (κ2) is 11.4. The Morgan fingerprint density at radius 3 is 2.57 bits per heavy atom. The zero-order valence-corrected chi connectivity index (χ0v) is 22.9. The molecule has 0 atom stereocenters. The van der Waals surface area contributed by atoms with Crippen molar-refractivity contribution in [2.24, 2.45) is 10.2 Å². The number of amides is 1. The predicted octanol–water partition coefficient (Wildman–Crippen LogP) is 5.49. The van der Waals surface area contributed by atoms with Gasteiger partial charge in [-0.25, -0.2) is 0 Å². The van der Waals surface area contributed by atoms with Crippen molar-refractivity contribution in [1.29, 1.82) is 0 Å². The molecule has 1 N–H and O–H groups in total. The highest BCUT2D eigenvalue weighted by atomic mass is 79.9. The number of ether oxygens (including phenoxy) is 1. The largest absolute Gasteiger partial charge is 0.378 e. The SMILES string of the molecule is CCN(CC)c1ccc(/C=C2/CCC(C=N/N=C3/C(=O)Nc4ccc(Br)cc43)=C2N2CCOCC2)cc1. The Hall–Kier alpha value is -3.23. The van der Waals surface area contributed by atoms with E-state index >= 15 is 0 Å². The Balaban J connectivity index is 1.44. The summed E-state index contributed by atoms with van der Waals surface area (Å²) >= 11 is 3.47. The molecule has 0 aromatic heterocycles. The van der Waals surface area contributed by atoms with Gasteiger partial charge in [0.15, 0.2) is 5.71 Å². The first-order chi connectivity index (χ1) is 18.1. The third-order valence-corrected chi connectivity index (χ3v) is 7.53. The molecular weight excluding hydrogens is 530 g/mol. The Bertz CT molecular complexity index is 1290. The molecule has 2 aromatic carbocycles. The van der Waals surface area contributed by atoms with Crippen LogP contribution in [-0.2, 0) is 9.53 Å². The first kappa shape index (κ1) is 25.4. The average Bonchev–Trinajstić information content (AvgIpc) is 3.46. The number of benzene rings is 2. The zero-order valence-electron chi connectivity index (χ0n) is 21.3. The van der Waals surface area contributed by atoms with Crippen LogP contribution in [0.5, 0.6) is 0 Å². The van der Waals surface area contributed by atoms with E-state index in [0.717, 1.165) is 60.3 Å². The molecule has 0 spiro atoms. The predicted molar refractivity (Wildman–Crippen MR) is 154 cm³/mol. The number of hydrogen-bond acceptors (Lipinski definition) is 6. The highest BCUT2D eigenvalue weighted by molar-refractivity contribution is 9.10. The summed E-state index contributed by atoms with van der Waals surface area (Å²) in [6, 6.07) is 14.5. The van der Waals surface area contributed by atoms with Gasteiger partial charge in [-0.2, -0.15) is 5.10 Å². The summed E-state index contributed by atoms with van der Waals surface area (Å²) in [5, 5.41) is 11.6. The maximum atomic E-state index is 12.5. The van der Waals surface area contributed by atoms with Crippen LogP contribution < -0.4 is 10.2 Å².